The van der Waals surface area contributed by atoms with Gasteiger partial charge in [0, 0.05) is 13.0 Å². The van der Waals surface area contributed by atoms with E-state index >= 15 is 0 Å². The summed E-state index contributed by atoms with van der Waals surface area (Å²) < 4.78 is 5.10. The Morgan fingerprint density at radius 3 is 2.68 bits per heavy atom. The molecule has 0 aliphatic carbocycles. The van der Waals surface area contributed by atoms with E-state index < -0.39 is 12.1 Å². The zero-order chi connectivity index (χ0) is 13.7. The van der Waals surface area contributed by atoms with Gasteiger partial charge in [-0.3, -0.25) is 4.90 Å². The van der Waals surface area contributed by atoms with Gasteiger partial charge in [-0.1, -0.05) is 36.4 Å². The van der Waals surface area contributed by atoms with E-state index in [0.717, 1.165) is 10.5 Å². The van der Waals surface area contributed by atoms with Crippen LogP contribution in [0.5, 0.6) is 0 Å². The van der Waals surface area contributed by atoms with Crippen molar-refractivity contribution in [3.05, 3.63) is 47.7 Å². The summed E-state index contributed by atoms with van der Waals surface area (Å²) in [6.07, 6.45) is 1.64. The molecular weight excluding hydrogens is 246 g/mol. The molecule has 1 aromatic carbocycles. The van der Waals surface area contributed by atoms with Crippen molar-refractivity contribution in [3.63, 3.8) is 0 Å². The number of hydrogen-bond donors (Lipinski definition) is 1. The van der Waals surface area contributed by atoms with Gasteiger partial charge in [-0.2, -0.15) is 0 Å². The topological polar surface area (TPSA) is 66.8 Å². The standard InChI is InChI=1S/C14H15NO4/c16-13(12-7-4-9-15(12)14(17)18)19-10-8-11-5-2-1-3-6-11/h1-3,5-7H,4,8-10H2,(H,17,18). The maximum atomic E-state index is 11.8. The molecule has 0 saturated heterocycles. The smallest absolute Gasteiger partial charge is 0.412 e. The second kappa shape index (κ2) is 6.04. The molecule has 0 fully saturated rings. The molecule has 0 aromatic heterocycles. The van der Waals surface area contributed by atoms with Gasteiger partial charge in [0.05, 0.1) is 6.61 Å². The van der Waals surface area contributed by atoms with Crippen molar-refractivity contribution in [2.24, 2.45) is 0 Å². The van der Waals surface area contributed by atoms with Gasteiger partial charge in [-0.25, -0.2) is 9.59 Å². The number of carboxylic acid groups (broad SMARTS) is 1. The largest absolute Gasteiger partial charge is 0.465 e. The van der Waals surface area contributed by atoms with Gasteiger partial charge < -0.3 is 9.84 Å². The molecule has 0 unspecified atom stereocenters. The fraction of sp³-hybridized carbons (Fsp3) is 0.286. The van der Waals surface area contributed by atoms with Crippen LogP contribution in [0.15, 0.2) is 42.1 Å². The van der Waals surface area contributed by atoms with Crippen LogP contribution >= 0.6 is 0 Å². The van der Waals surface area contributed by atoms with Crippen LogP contribution in [0.3, 0.4) is 0 Å². The molecule has 5 nitrogen and oxygen atoms in total. The Hall–Kier alpha value is -2.30. The van der Waals surface area contributed by atoms with E-state index in [4.69, 9.17) is 9.84 Å². The molecule has 1 N–H and O–H groups in total. The fourth-order valence-corrected chi connectivity index (χ4v) is 1.93. The van der Waals surface area contributed by atoms with E-state index in [2.05, 4.69) is 0 Å². The van der Waals surface area contributed by atoms with Crippen LogP contribution in [-0.2, 0) is 16.0 Å². The van der Waals surface area contributed by atoms with Crippen molar-refractivity contribution in [2.75, 3.05) is 13.2 Å². The molecule has 0 atom stereocenters. The van der Waals surface area contributed by atoms with Crippen molar-refractivity contribution in [1.82, 2.24) is 4.90 Å². The Balaban J connectivity index is 1.83. The SMILES string of the molecule is O=C(OCCc1ccccc1)C1=CCCN1C(=O)O. The third kappa shape index (κ3) is 3.34. The van der Waals surface area contributed by atoms with Crippen LogP contribution in [0.1, 0.15) is 12.0 Å². The van der Waals surface area contributed by atoms with Crippen LogP contribution in [0.4, 0.5) is 4.79 Å². The van der Waals surface area contributed by atoms with Crippen LogP contribution in [0.2, 0.25) is 0 Å². The molecule has 100 valence electrons. The summed E-state index contributed by atoms with van der Waals surface area (Å²) in [7, 11) is 0. The lowest BCUT2D eigenvalue weighted by atomic mass is 10.2. The van der Waals surface area contributed by atoms with Crippen LogP contribution < -0.4 is 0 Å². The zero-order valence-electron chi connectivity index (χ0n) is 10.4. The van der Waals surface area contributed by atoms with Gasteiger partial charge in [0.1, 0.15) is 5.70 Å². The highest BCUT2D eigenvalue weighted by Crippen LogP contribution is 2.16. The Morgan fingerprint density at radius 1 is 1.26 bits per heavy atom. The summed E-state index contributed by atoms with van der Waals surface area (Å²) in [6.45, 7) is 0.562. The van der Waals surface area contributed by atoms with Crippen LogP contribution in [-0.4, -0.2) is 35.2 Å². The summed E-state index contributed by atoms with van der Waals surface area (Å²) in [6, 6.07) is 9.66. The van der Waals surface area contributed by atoms with Crippen molar-refractivity contribution in [3.8, 4) is 0 Å². The summed E-state index contributed by atoms with van der Waals surface area (Å²) in [5.41, 5.74) is 1.20. The highest BCUT2D eigenvalue weighted by molar-refractivity contribution is 5.92. The minimum atomic E-state index is -1.12. The predicted octanol–water partition coefficient (Wildman–Crippen LogP) is 2.04. The molecule has 19 heavy (non-hydrogen) atoms. The average Bonchev–Trinajstić information content (AvgIpc) is 2.89. The Morgan fingerprint density at radius 2 is 2.00 bits per heavy atom. The minimum absolute atomic E-state index is 0.126. The van der Waals surface area contributed by atoms with Gasteiger partial charge in [0.25, 0.3) is 0 Å². The molecule has 0 bridgehead atoms. The van der Waals surface area contributed by atoms with Crippen molar-refractivity contribution in [1.29, 1.82) is 0 Å². The molecule has 1 aliphatic heterocycles. The average molecular weight is 261 g/mol. The predicted molar refractivity (Wildman–Crippen MR) is 68.5 cm³/mol. The number of rotatable bonds is 4. The molecule has 0 radical (unpaired) electrons. The zero-order valence-corrected chi connectivity index (χ0v) is 10.4. The third-order valence-electron chi connectivity index (χ3n) is 2.89. The number of esters is 1. The molecular formula is C14H15NO4. The summed E-state index contributed by atoms with van der Waals surface area (Å²) in [5.74, 6) is -0.573. The number of carbonyl (C=O) groups is 2. The molecule has 1 amide bonds. The lowest BCUT2D eigenvalue weighted by Gasteiger charge is -2.15. The van der Waals surface area contributed by atoms with Crippen molar-refractivity contribution < 1.29 is 19.4 Å². The number of nitrogens with zero attached hydrogens (tertiary/aromatic N) is 1. The van der Waals surface area contributed by atoms with Crippen LogP contribution in [0.25, 0.3) is 0 Å². The first-order chi connectivity index (χ1) is 9.18. The molecule has 0 saturated carbocycles. The van der Waals surface area contributed by atoms with Gasteiger partial charge in [0.15, 0.2) is 0 Å². The first kappa shape index (κ1) is 13.1. The van der Waals surface area contributed by atoms with Gasteiger partial charge >= 0.3 is 12.1 Å². The van der Waals surface area contributed by atoms with Crippen molar-refractivity contribution >= 4 is 12.1 Å². The lowest BCUT2D eigenvalue weighted by molar-refractivity contribution is -0.140. The van der Waals surface area contributed by atoms with Gasteiger partial charge in [-0.05, 0) is 12.0 Å². The molecule has 5 heteroatoms. The number of carbonyl (C=O) groups excluding carboxylic acids is 1. The van der Waals surface area contributed by atoms with E-state index in [9.17, 15) is 9.59 Å². The lowest BCUT2D eigenvalue weighted by Crippen LogP contribution is -2.30. The normalized spacial score (nSPS) is 14.1. The van der Waals surface area contributed by atoms with Crippen LogP contribution in [0, 0.1) is 0 Å². The van der Waals surface area contributed by atoms with E-state index in [1.807, 2.05) is 30.3 Å². The van der Waals surface area contributed by atoms with Gasteiger partial charge in [0.2, 0.25) is 0 Å². The Bertz CT molecular complexity index is 495. The summed E-state index contributed by atoms with van der Waals surface area (Å²) in [4.78, 5) is 23.7. The summed E-state index contributed by atoms with van der Waals surface area (Å²) in [5, 5.41) is 8.91. The monoisotopic (exact) mass is 261 g/mol. The summed E-state index contributed by atoms with van der Waals surface area (Å²) >= 11 is 0. The maximum Gasteiger partial charge on any atom is 0.412 e. The van der Waals surface area contributed by atoms with E-state index in [1.165, 1.54) is 0 Å². The first-order valence-electron chi connectivity index (χ1n) is 6.10. The highest BCUT2D eigenvalue weighted by atomic mass is 16.5. The van der Waals surface area contributed by atoms with E-state index in [0.29, 0.717) is 19.4 Å². The number of hydrogen-bond acceptors (Lipinski definition) is 3. The first-order valence-corrected chi connectivity index (χ1v) is 6.10. The molecule has 0 spiro atoms. The second-order valence-corrected chi connectivity index (χ2v) is 4.18. The quantitative estimate of drug-likeness (QED) is 0.842. The molecule has 1 aliphatic rings. The Kier molecular flexibility index (Phi) is 4.18. The molecule has 2 rings (SSSR count). The minimum Gasteiger partial charge on any atom is -0.465 e. The molecule has 1 aromatic rings. The molecule has 1 heterocycles. The number of amides is 1. The van der Waals surface area contributed by atoms with E-state index in [1.54, 1.807) is 6.08 Å². The highest BCUT2D eigenvalue weighted by Gasteiger charge is 2.27. The third-order valence-corrected chi connectivity index (χ3v) is 2.89. The maximum absolute atomic E-state index is 11.8. The Labute approximate surface area is 111 Å². The van der Waals surface area contributed by atoms with E-state index in [-0.39, 0.29) is 12.3 Å². The second-order valence-electron chi connectivity index (χ2n) is 4.18. The number of benzene rings is 1. The van der Waals surface area contributed by atoms with Crippen molar-refractivity contribution in [2.45, 2.75) is 12.8 Å². The van der Waals surface area contributed by atoms with Gasteiger partial charge in [-0.15, -0.1) is 0 Å². The fourth-order valence-electron chi connectivity index (χ4n) is 1.93. The number of ether oxygens (including phenoxy) is 1.